The van der Waals surface area contributed by atoms with Crippen LogP contribution in [0.5, 0.6) is 0 Å². The molecule has 0 fully saturated rings. The minimum absolute atomic E-state index is 0.719. The number of hydrogen-bond acceptors (Lipinski definition) is 2. The fraction of sp³-hybridized carbons (Fsp3) is 0.946. The fourth-order valence-electron chi connectivity index (χ4n) is 6.14. The predicted molar refractivity (Wildman–Crippen MR) is 180 cm³/mol. The molecule has 0 bridgehead atoms. The first-order chi connectivity index (χ1) is 19.0. The van der Waals surface area contributed by atoms with Gasteiger partial charge in [-0.25, -0.2) is 10.0 Å². The number of allylic oxidation sites excluding steroid dienone is 1. The minimum Gasteiger partial charge on any atom is -0.248 e. The van der Waals surface area contributed by atoms with E-state index in [0.717, 1.165) is 12.0 Å². The lowest BCUT2D eigenvalue weighted by Gasteiger charge is -2.33. The highest BCUT2D eigenvalue weighted by Gasteiger charge is 2.16. The molecule has 2 nitrogen and oxygen atoms in total. The second-order valence-corrected chi connectivity index (χ2v) is 13.1. The van der Waals surface area contributed by atoms with Crippen LogP contribution in [0.2, 0.25) is 0 Å². The quantitative estimate of drug-likeness (QED) is 0.0483. The van der Waals surface area contributed by atoms with Crippen LogP contribution in [-0.4, -0.2) is 37.2 Å². The van der Waals surface area contributed by atoms with E-state index in [0.29, 0.717) is 0 Å². The summed E-state index contributed by atoms with van der Waals surface area (Å²) in [5, 5.41) is 4.78. The number of unbranched alkanes of at least 4 members (excludes halogenated alkanes) is 16. The Hall–Kier alpha value is -0.340. The second-order valence-electron chi connectivity index (χ2n) is 13.1. The molecule has 0 heterocycles. The average molecular weight is 549 g/mol. The smallest absolute Gasteiger partial charge is 0.0242 e. The molecule has 0 aromatic carbocycles. The normalized spacial score (nSPS) is 13.4. The largest absolute Gasteiger partial charge is 0.248 e. The summed E-state index contributed by atoms with van der Waals surface area (Å²) in [5.41, 5.74) is 1.53. The molecule has 0 N–H and O–H groups in total. The van der Waals surface area contributed by atoms with Crippen LogP contribution in [0.3, 0.4) is 0 Å². The van der Waals surface area contributed by atoms with Crippen molar-refractivity contribution >= 4 is 0 Å². The van der Waals surface area contributed by atoms with Gasteiger partial charge < -0.3 is 0 Å². The fourth-order valence-corrected chi connectivity index (χ4v) is 6.14. The first-order valence-corrected chi connectivity index (χ1v) is 18.0. The van der Waals surface area contributed by atoms with Gasteiger partial charge in [0, 0.05) is 27.2 Å². The van der Waals surface area contributed by atoms with Gasteiger partial charge in [-0.05, 0) is 44.4 Å². The van der Waals surface area contributed by atoms with E-state index < -0.39 is 0 Å². The Morgan fingerprint density at radius 1 is 0.462 bits per heavy atom. The zero-order chi connectivity index (χ0) is 29.0. The van der Waals surface area contributed by atoms with Gasteiger partial charge in [0.1, 0.15) is 0 Å². The van der Waals surface area contributed by atoms with Crippen LogP contribution in [-0.2, 0) is 0 Å². The standard InChI is InChI=1S/C37H76N2/c1-8-11-14-16-17-18-22-26-31-37(39(7)38(5)6)32-27-23-20-19-21-24-28-35(4)33-34-36(29-13-10-3)30-25-15-12-9-2/h36-37H,4,8-34H2,1-3,5-7H3. The Morgan fingerprint density at radius 3 is 1.38 bits per heavy atom. The molecule has 0 radical (unpaired) electrons. The molecule has 2 unspecified atom stereocenters. The molecule has 2 heteroatoms. The van der Waals surface area contributed by atoms with Crippen molar-refractivity contribution in [2.24, 2.45) is 5.92 Å². The van der Waals surface area contributed by atoms with Crippen molar-refractivity contribution in [3.8, 4) is 0 Å². The minimum atomic E-state index is 0.719. The van der Waals surface area contributed by atoms with E-state index in [2.05, 4.69) is 58.5 Å². The molecule has 0 aromatic heterocycles. The van der Waals surface area contributed by atoms with Gasteiger partial charge in [-0.1, -0.05) is 168 Å². The van der Waals surface area contributed by atoms with Crippen molar-refractivity contribution in [2.45, 2.75) is 200 Å². The molecule has 0 spiro atoms. The molecule has 0 saturated heterocycles. The van der Waals surface area contributed by atoms with Gasteiger partial charge in [0.25, 0.3) is 0 Å². The molecule has 0 aromatic rings. The van der Waals surface area contributed by atoms with Crippen LogP contribution in [0.15, 0.2) is 12.2 Å². The molecule has 2 atom stereocenters. The van der Waals surface area contributed by atoms with Gasteiger partial charge >= 0.3 is 0 Å². The summed E-state index contributed by atoms with van der Waals surface area (Å²) in [6.07, 6.45) is 37.7. The van der Waals surface area contributed by atoms with Crippen LogP contribution < -0.4 is 0 Å². The van der Waals surface area contributed by atoms with Crippen LogP contribution >= 0.6 is 0 Å². The van der Waals surface area contributed by atoms with Gasteiger partial charge in [-0.15, -0.1) is 0 Å². The Bertz CT molecular complexity index is 500. The zero-order valence-electron chi connectivity index (χ0n) is 28.3. The molecule has 0 aliphatic carbocycles. The maximum atomic E-state index is 4.46. The highest BCUT2D eigenvalue weighted by Crippen LogP contribution is 2.25. The van der Waals surface area contributed by atoms with Gasteiger partial charge in [-0.3, -0.25) is 0 Å². The lowest BCUT2D eigenvalue weighted by atomic mass is 9.89. The molecular formula is C37H76N2. The molecular weight excluding hydrogens is 472 g/mol. The van der Waals surface area contributed by atoms with E-state index in [9.17, 15) is 0 Å². The maximum Gasteiger partial charge on any atom is 0.0242 e. The maximum absolute atomic E-state index is 4.46. The van der Waals surface area contributed by atoms with E-state index in [-0.39, 0.29) is 0 Å². The number of rotatable bonds is 31. The summed E-state index contributed by atoms with van der Waals surface area (Å²) in [5.74, 6) is 0.949. The molecule has 0 aliphatic rings. The first-order valence-electron chi connectivity index (χ1n) is 18.0. The van der Waals surface area contributed by atoms with Crippen LogP contribution in [0.4, 0.5) is 0 Å². The average Bonchev–Trinajstić information content (AvgIpc) is 2.93. The Balaban J connectivity index is 3.95. The van der Waals surface area contributed by atoms with Crippen molar-refractivity contribution in [2.75, 3.05) is 21.1 Å². The van der Waals surface area contributed by atoms with Gasteiger partial charge in [0.2, 0.25) is 0 Å². The lowest BCUT2D eigenvalue weighted by molar-refractivity contribution is 0.00108. The van der Waals surface area contributed by atoms with E-state index >= 15 is 0 Å². The summed E-state index contributed by atoms with van der Waals surface area (Å²) < 4.78 is 0. The van der Waals surface area contributed by atoms with Crippen molar-refractivity contribution in [3.05, 3.63) is 12.2 Å². The summed E-state index contributed by atoms with van der Waals surface area (Å²) in [4.78, 5) is 0. The molecule has 0 saturated carbocycles. The van der Waals surface area contributed by atoms with Crippen LogP contribution in [0.1, 0.15) is 194 Å². The zero-order valence-corrected chi connectivity index (χ0v) is 28.3. The lowest BCUT2D eigenvalue weighted by Crippen LogP contribution is -2.41. The monoisotopic (exact) mass is 549 g/mol. The van der Waals surface area contributed by atoms with E-state index in [1.54, 1.807) is 0 Å². The summed E-state index contributed by atoms with van der Waals surface area (Å²) >= 11 is 0. The third-order valence-electron chi connectivity index (χ3n) is 9.21. The molecule has 0 rings (SSSR count). The topological polar surface area (TPSA) is 6.48 Å². The van der Waals surface area contributed by atoms with E-state index in [1.165, 1.54) is 179 Å². The number of nitrogens with zero attached hydrogens (tertiary/aromatic N) is 2. The van der Waals surface area contributed by atoms with E-state index in [1.807, 2.05) is 0 Å². The summed E-state index contributed by atoms with van der Waals surface area (Å²) in [6.45, 7) is 11.4. The molecule has 0 amide bonds. The molecule has 0 aliphatic heterocycles. The van der Waals surface area contributed by atoms with Gasteiger partial charge in [-0.2, -0.15) is 0 Å². The summed E-state index contributed by atoms with van der Waals surface area (Å²) in [7, 11) is 6.70. The number of hydrazine groups is 1. The SMILES string of the molecule is C=C(CCCCCCCCC(CCCCCCCCCC)N(C)N(C)C)CCC(CCCC)CCCCCC. The second kappa shape index (κ2) is 29.2. The predicted octanol–water partition coefficient (Wildman–Crippen LogP) is 12.5. The molecule has 39 heavy (non-hydrogen) atoms. The van der Waals surface area contributed by atoms with Crippen molar-refractivity contribution in [1.82, 2.24) is 10.0 Å². The summed E-state index contributed by atoms with van der Waals surface area (Å²) in [6, 6.07) is 0.719. The Labute approximate surface area is 249 Å². The highest BCUT2D eigenvalue weighted by molar-refractivity contribution is 4.94. The first kappa shape index (κ1) is 38.7. The van der Waals surface area contributed by atoms with Crippen LogP contribution in [0.25, 0.3) is 0 Å². The van der Waals surface area contributed by atoms with Gasteiger partial charge in [0.05, 0.1) is 0 Å². The van der Waals surface area contributed by atoms with Crippen molar-refractivity contribution in [3.63, 3.8) is 0 Å². The molecule has 234 valence electrons. The van der Waals surface area contributed by atoms with Crippen molar-refractivity contribution in [1.29, 1.82) is 0 Å². The Morgan fingerprint density at radius 2 is 0.872 bits per heavy atom. The van der Waals surface area contributed by atoms with Crippen molar-refractivity contribution < 1.29 is 0 Å². The number of hydrogen-bond donors (Lipinski definition) is 0. The third kappa shape index (κ3) is 25.1. The van der Waals surface area contributed by atoms with E-state index in [4.69, 9.17) is 0 Å². The Kier molecular flexibility index (Phi) is 28.9. The highest BCUT2D eigenvalue weighted by atomic mass is 15.6. The van der Waals surface area contributed by atoms with Gasteiger partial charge in [0.15, 0.2) is 0 Å². The third-order valence-corrected chi connectivity index (χ3v) is 9.21. The van der Waals surface area contributed by atoms with Crippen LogP contribution in [0, 0.1) is 5.92 Å².